The monoisotopic (exact) mass is 449 g/mol. The first-order valence-electron chi connectivity index (χ1n) is 9.95. The van der Waals surface area contributed by atoms with E-state index in [1.54, 1.807) is 0 Å². The van der Waals surface area contributed by atoms with Gasteiger partial charge in [0.2, 0.25) is 6.33 Å². The first-order chi connectivity index (χ1) is 14.0. The Morgan fingerprint density at radius 3 is 2.52 bits per heavy atom. The highest BCUT2D eigenvalue weighted by atomic mass is 79.9. The first kappa shape index (κ1) is 19.7. The summed E-state index contributed by atoms with van der Waals surface area (Å²) in [4.78, 5) is 3.37. The number of ether oxygens (including phenoxy) is 1. The molecule has 0 bridgehead atoms. The van der Waals surface area contributed by atoms with Crippen molar-refractivity contribution in [2.45, 2.75) is 33.7 Å². The van der Waals surface area contributed by atoms with Crippen molar-refractivity contribution in [2.24, 2.45) is 0 Å². The van der Waals surface area contributed by atoms with E-state index in [1.165, 1.54) is 43.3 Å². The van der Waals surface area contributed by atoms with E-state index in [9.17, 15) is 0 Å². The third kappa shape index (κ3) is 4.38. The topological polar surface area (TPSA) is 28.9 Å². The van der Waals surface area contributed by atoms with E-state index in [1.807, 2.05) is 18.2 Å². The minimum Gasteiger partial charge on any atom is -0.493 e. The summed E-state index contributed by atoms with van der Waals surface area (Å²) in [6.45, 7) is 8.09. The molecule has 4 aromatic rings. The summed E-state index contributed by atoms with van der Waals surface area (Å²) in [5.74, 6) is 1.05. The van der Waals surface area contributed by atoms with Crippen LogP contribution in [0.1, 0.15) is 27.8 Å². The predicted molar refractivity (Wildman–Crippen MR) is 122 cm³/mol. The molecule has 1 N–H and O–H groups in total. The fourth-order valence-corrected chi connectivity index (χ4v) is 3.87. The van der Waals surface area contributed by atoms with Crippen LogP contribution in [0.15, 0.2) is 65.4 Å². The molecule has 0 saturated heterocycles. The third-order valence-electron chi connectivity index (χ3n) is 5.48. The maximum absolute atomic E-state index is 5.57. The van der Waals surface area contributed by atoms with Crippen molar-refractivity contribution in [3.63, 3.8) is 0 Å². The summed E-state index contributed by atoms with van der Waals surface area (Å²) in [7, 11) is 0. The highest BCUT2D eigenvalue weighted by Crippen LogP contribution is 2.26. The zero-order valence-corrected chi connectivity index (χ0v) is 18.7. The number of nitrogens with one attached hydrogen (secondary N) is 1. The van der Waals surface area contributed by atoms with Gasteiger partial charge in [0.15, 0.2) is 11.0 Å². The van der Waals surface area contributed by atoms with E-state index in [0.717, 1.165) is 25.3 Å². The van der Waals surface area contributed by atoms with E-state index in [2.05, 4.69) is 89.0 Å². The van der Waals surface area contributed by atoms with Crippen LogP contribution in [0.25, 0.3) is 11.0 Å². The normalized spacial score (nSPS) is 12.3. The summed E-state index contributed by atoms with van der Waals surface area (Å²) in [5, 5.41) is 0. The number of imidazole rings is 1. The van der Waals surface area contributed by atoms with Crippen LogP contribution in [0.5, 0.6) is 5.75 Å². The van der Waals surface area contributed by atoms with Crippen LogP contribution < -0.4 is 9.30 Å². The molecule has 1 aliphatic heterocycles. The summed E-state index contributed by atoms with van der Waals surface area (Å²) in [6, 6.07) is 19.2. The van der Waals surface area contributed by atoms with Gasteiger partial charge in [0, 0.05) is 10.9 Å². The molecule has 4 heteroatoms. The van der Waals surface area contributed by atoms with Crippen molar-refractivity contribution >= 4 is 27.0 Å². The highest BCUT2D eigenvalue weighted by Gasteiger charge is 2.15. The molecule has 0 unspecified atom stereocenters. The molecule has 3 nitrogen and oxygen atoms in total. The minimum atomic E-state index is 0.817. The molecule has 0 aliphatic carbocycles. The Balaban J connectivity index is 0.000000216. The second-order valence-corrected chi connectivity index (χ2v) is 8.50. The quantitative estimate of drug-likeness (QED) is 0.384. The molecule has 0 radical (unpaired) electrons. The summed E-state index contributed by atoms with van der Waals surface area (Å²) < 4.78 is 9.03. The number of aromatic amines is 1. The number of benzene rings is 3. The second-order valence-electron chi connectivity index (χ2n) is 7.64. The zero-order chi connectivity index (χ0) is 20.4. The van der Waals surface area contributed by atoms with Crippen molar-refractivity contribution in [1.82, 2.24) is 4.98 Å². The van der Waals surface area contributed by atoms with Crippen LogP contribution in [0, 0.1) is 20.8 Å². The van der Waals surface area contributed by atoms with E-state index < -0.39 is 0 Å². The van der Waals surface area contributed by atoms with Gasteiger partial charge in [-0.15, -0.1) is 0 Å². The lowest BCUT2D eigenvalue weighted by molar-refractivity contribution is -0.662. The van der Waals surface area contributed by atoms with Gasteiger partial charge in [-0.05, 0) is 78.9 Å². The summed E-state index contributed by atoms with van der Waals surface area (Å²) in [6.07, 6.45) is 3.09. The molecule has 1 aromatic heterocycles. The summed E-state index contributed by atoms with van der Waals surface area (Å²) >= 11 is 3.40. The SMILES string of the molecule is Cc1cc2[nH]c[n+](Cc3ccc4c(c3)CCO4)c2cc1C.Cc1ccccc1Br. The Labute approximate surface area is 180 Å². The van der Waals surface area contributed by atoms with E-state index in [-0.39, 0.29) is 0 Å². The van der Waals surface area contributed by atoms with Crippen molar-refractivity contribution in [2.75, 3.05) is 6.61 Å². The van der Waals surface area contributed by atoms with Crippen molar-refractivity contribution in [3.8, 4) is 5.75 Å². The number of halogens is 1. The van der Waals surface area contributed by atoms with E-state index in [4.69, 9.17) is 4.74 Å². The number of aromatic nitrogens is 2. The molecule has 2 heterocycles. The van der Waals surface area contributed by atoms with Gasteiger partial charge < -0.3 is 4.74 Å². The molecule has 29 heavy (non-hydrogen) atoms. The lowest BCUT2D eigenvalue weighted by Crippen LogP contribution is -2.32. The molecule has 0 fully saturated rings. The Morgan fingerprint density at radius 1 is 0.966 bits per heavy atom. The van der Waals surface area contributed by atoms with Gasteiger partial charge in [-0.1, -0.05) is 40.2 Å². The first-order valence-corrected chi connectivity index (χ1v) is 10.7. The zero-order valence-electron chi connectivity index (χ0n) is 17.1. The predicted octanol–water partition coefficient (Wildman–Crippen LogP) is 5.81. The van der Waals surface area contributed by atoms with Crippen molar-refractivity contribution in [1.29, 1.82) is 0 Å². The summed E-state index contributed by atoms with van der Waals surface area (Å²) in [5.41, 5.74) is 9.05. The van der Waals surface area contributed by atoms with Crippen LogP contribution in [0.4, 0.5) is 0 Å². The van der Waals surface area contributed by atoms with Crippen LogP contribution >= 0.6 is 15.9 Å². The number of rotatable bonds is 2. The average molecular weight is 450 g/mol. The molecule has 0 atom stereocenters. The smallest absolute Gasteiger partial charge is 0.242 e. The Hall–Kier alpha value is -2.59. The number of hydrogen-bond donors (Lipinski definition) is 1. The van der Waals surface area contributed by atoms with Crippen LogP contribution in [0.3, 0.4) is 0 Å². The Bertz CT molecular complexity index is 1140. The number of aryl methyl sites for hydroxylation is 3. The molecular weight excluding hydrogens is 424 g/mol. The Morgan fingerprint density at radius 2 is 1.76 bits per heavy atom. The second kappa shape index (κ2) is 8.42. The Kier molecular flexibility index (Phi) is 5.72. The maximum atomic E-state index is 5.57. The maximum Gasteiger partial charge on any atom is 0.242 e. The molecular formula is C25H26BrN2O+. The number of fused-ring (bicyclic) bond motifs is 2. The minimum absolute atomic E-state index is 0.817. The van der Waals surface area contributed by atoms with E-state index >= 15 is 0 Å². The molecule has 0 amide bonds. The number of hydrogen-bond acceptors (Lipinski definition) is 1. The fourth-order valence-electron chi connectivity index (χ4n) is 3.59. The van der Waals surface area contributed by atoms with E-state index in [0.29, 0.717) is 0 Å². The standard InChI is InChI=1S/C18H18N2O.C7H7Br/c1-12-7-16-17(8-13(12)2)20(11-19-16)10-14-3-4-18-15(9-14)5-6-21-18;1-6-4-2-3-5-7(6)8/h3-4,7-9,11H,5-6,10H2,1-2H3;2-5H,1H3/p+1. The van der Waals surface area contributed by atoms with Crippen molar-refractivity contribution in [3.05, 3.63) is 93.2 Å². The molecule has 1 aliphatic rings. The largest absolute Gasteiger partial charge is 0.493 e. The number of nitrogens with zero attached hydrogens (tertiary/aromatic N) is 1. The van der Waals surface area contributed by atoms with Crippen molar-refractivity contribution < 1.29 is 9.30 Å². The molecule has 3 aromatic carbocycles. The highest BCUT2D eigenvalue weighted by molar-refractivity contribution is 9.10. The number of H-pyrrole nitrogens is 1. The molecule has 5 rings (SSSR count). The fraction of sp³-hybridized carbons (Fsp3) is 0.240. The van der Waals surface area contributed by atoms with Gasteiger partial charge in [0.25, 0.3) is 0 Å². The van der Waals surface area contributed by atoms with Gasteiger partial charge in [0.1, 0.15) is 12.3 Å². The van der Waals surface area contributed by atoms with Gasteiger partial charge in [0.05, 0.1) is 6.61 Å². The van der Waals surface area contributed by atoms with Crippen LogP contribution in [-0.4, -0.2) is 11.6 Å². The average Bonchev–Trinajstić information content (AvgIpc) is 3.32. The molecule has 0 saturated carbocycles. The van der Waals surface area contributed by atoms with Gasteiger partial charge in [-0.3, -0.25) is 0 Å². The third-order valence-corrected chi connectivity index (χ3v) is 6.37. The molecule has 148 valence electrons. The molecule has 0 spiro atoms. The van der Waals surface area contributed by atoms with Gasteiger partial charge in [-0.25, -0.2) is 9.55 Å². The van der Waals surface area contributed by atoms with Crippen LogP contribution in [-0.2, 0) is 13.0 Å². The lowest BCUT2D eigenvalue weighted by atomic mass is 10.1. The van der Waals surface area contributed by atoms with Crippen LogP contribution in [0.2, 0.25) is 0 Å². The van der Waals surface area contributed by atoms with Gasteiger partial charge in [-0.2, -0.15) is 0 Å². The lowest BCUT2D eigenvalue weighted by Gasteiger charge is -2.03. The van der Waals surface area contributed by atoms with Gasteiger partial charge >= 0.3 is 0 Å².